The van der Waals surface area contributed by atoms with Gasteiger partial charge < -0.3 is 38.8 Å². The highest BCUT2D eigenvalue weighted by atomic mass is 127. The lowest BCUT2D eigenvalue weighted by atomic mass is 10.1. The van der Waals surface area contributed by atoms with Gasteiger partial charge in [-0.2, -0.15) is 0 Å². The van der Waals surface area contributed by atoms with Gasteiger partial charge in [0.1, 0.15) is 18.5 Å². The van der Waals surface area contributed by atoms with Crippen LogP contribution in [0, 0.1) is 0 Å². The van der Waals surface area contributed by atoms with Crippen LogP contribution in [-0.2, 0) is 18.3 Å². The van der Waals surface area contributed by atoms with Crippen LogP contribution in [-0.4, -0.2) is 25.7 Å². The lowest BCUT2D eigenvalue weighted by Gasteiger charge is -2.11. The molecule has 2 aromatic rings. The minimum Gasteiger partial charge on any atom is -1.00 e. The number of carbonyl (C=O) groups is 1. The first-order valence-electron chi connectivity index (χ1n) is 13.9. The number of rotatable bonds is 20. The molecule has 1 N–H and O–H groups in total. The third-order valence-electron chi connectivity index (χ3n) is 6.39. The Kier molecular flexibility index (Phi) is 19.4. The molecule has 2 rings (SSSR count). The van der Waals surface area contributed by atoms with E-state index in [0.717, 1.165) is 24.3 Å². The summed E-state index contributed by atoms with van der Waals surface area (Å²) in [6, 6.07) is 11.4. The van der Waals surface area contributed by atoms with E-state index in [1.807, 2.05) is 42.1 Å². The number of aromatic nitrogens is 1. The Balaban J connectivity index is 0.00000684. The van der Waals surface area contributed by atoms with Crippen LogP contribution >= 0.6 is 11.6 Å². The second-order valence-corrected chi connectivity index (χ2v) is 9.93. The van der Waals surface area contributed by atoms with Gasteiger partial charge in [-0.15, -0.1) is 0 Å². The molecule has 5 nitrogen and oxygen atoms in total. The third-order valence-corrected chi connectivity index (χ3v) is 6.69. The zero-order valence-corrected chi connectivity index (χ0v) is 25.7. The molecular formula is C30H46ClIN2O3. The number of aryl methyl sites for hydroxylation is 1. The van der Waals surface area contributed by atoms with E-state index in [1.54, 1.807) is 12.1 Å². The summed E-state index contributed by atoms with van der Waals surface area (Å²) in [4.78, 5) is 12.1. The number of unbranched alkanes of at least 4 members (excludes halogenated alkanes) is 11. The van der Waals surface area contributed by atoms with Gasteiger partial charge in [-0.05, 0) is 18.6 Å². The fraction of sp³-hybridized carbons (Fsp3) is 0.600. The lowest BCUT2D eigenvalue weighted by Crippen LogP contribution is -3.00. The Hall–Kier alpha value is -1.54. The molecule has 7 heteroatoms. The molecule has 37 heavy (non-hydrogen) atoms. The largest absolute Gasteiger partial charge is 1.00 e. The molecule has 208 valence electrons. The number of benzene rings is 1. The molecule has 0 bridgehead atoms. The van der Waals surface area contributed by atoms with Crippen LogP contribution < -0.4 is 43.3 Å². The third kappa shape index (κ3) is 15.5. The standard InChI is InChI=1S/C30H45ClN2O3.HI/c1-3-4-5-6-7-8-9-10-11-12-13-16-23-35-27-18-19-29(28(31)24-27)36-25-30(34)32-21-20-26-17-14-15-22-33(26)2;/h14-15,17-19,22,24H,3-13,16,20-21,23,25H2,1-2H3;1H. The predicted octanol–water partition coefficient (Wildman–Crippen LogP) is 3.99. The van der Waals surface area contributed by atoms with E-state index in [0.29, 0.717) is 23.9 Å². The van der Waals surface area contributed by atoms with Gasteiger partial charge in [0, 0.05) is 31.2 Å². The van der Waals surface area contributed by atoms with E-state index >= 15 is 0 Å². The SMILES string of the molecule is CCCCCCCCCCCCCCOc1ccc(OCC(=O)NCCc2cccc[n+]2C)c(Cl)c1.[I-]. The summed E-state index contributed by atoms with van der Waals surface area (Å²) in [7, 11) is 1.99. The van der Waals surface area contributed by atoms with Crippen molar-refractivity contribution in [3.8, 4) is 11.5 Å². The molecule has 0 unspecified atom stereocenters. The molecule has 0 aliphatic heterocycles. The van der Waals surface area contributed by atoms with Crippen LogP contribution in [0.2, 0.25) is 5.02 Å². The smallest absolute Gasteiger partial charge is 0.257 e. The number of nitrogens with one attached hydrogen (secondary N) is 1. The van der Waals surface area contributed by atoms with Gasteiger partial charge in [0.05, 0.1) is 11.6 Å². The van der Waals surface area contributed by atoms with Crippen molar-refractivity contribution in [2.75, 3.05) is 19.8 Å². The average Bonchev–Trinajstić information content (AvgIpc) is 2.87. The molecular weight excluding hydrogens is 599 g/mol. The summed E-state index contributed by atoms with van der Waals surface area (Å²) in [6.07, 6.45) is 18.7. The Morgan fingerprint density at radius 3 is 2.16 bits per heavy atom. The van der Waals surface area contributed by atoms with E-state index in [1.165, 1.54) is 70.6 Å². The van der Waals surface area contributed by atoms with Gasteiger partial charge in [0.2, 0.25) is 0 Å². The molecule has 0 aliphatic rings. The van der Waals surface area contributed by atoms with Crippen molar-refractivity contribution in [3.63, 3.8) is 0 Å². The maximum Gasteiger partial charge on any atom is 0.257 e. The van der Waals surface area contributed by atoms with Gasteiger partial charge in [-0.1, -0.05) is 95.2 Å². The number of amides is 1. The van der Waals surface area contributed by atoms with Crippen molar-refractivity contribution in [1.82, 2.24) is 5.32 Å². The number of nitrogens with zero attached hydrogens (tertiary/aromatic N) is 1. The summed E-state index contributed by atoms with van der Waals surface area (Å²) in [5.74, 6) is 1.05. The number of pyridine rings is 1. The van der Waals surface area contributed by atoms with Crippen LogP contribution in [0.25, 0.3) is 0 Å². The number of halogens is 2. The van der Waals surface area contributed by atoms with Crippen LogP contribution in [0.4, 0.5) is 0 Å². The molecule has 1 aromatic heterocycles. The van der Waals surface area contributed by atoms with Crippen molar-refractivity contribution in [3.05, 3.63) is 53.3 Å². The fourth-order valence-corrected chi connectivity index (χ4v) is 4.39. The zero-order valence-electron chi connectivity index (χ0n) is 22.8. The van der Waals surface area contributed by atoms with Crippen molar-refractivity contribution in [2.24, 2.45) is 7.05 Å². The Bertz CT molecular complexity index is 882. The Labute approximate surface area is 246 Å². The summed E-state index contributed by atoms with van der Waals surface area (Å²) in [6.45, 7) is 3.44. The first-order valence-corrected chi connectivity index (χ1v) is 14.2. The molecule has 0 atom stereocenters. The quantitative estimate of drug-likeness (QED) is 0.135. The Morgan fingerprint density at radius 2 is 1.54 bits per heavy atom. The van der Waals surface area contributed by atoms with Gasteiger partial charge in [0.15, 0.2) is 18.5 Å². The van der Waals surface area contributed by atoms with Crippen LogP contribution in [0.15, 0.2) is 42.6 Å². The van der Waals surface area contributed by atoms with E-state index in [2.05, 4.69) is 12.2 Å². The maximum absolute atomic E-state index is 12.1. The van der Waals surface area contributed by atoms with Crippen molar-refractivity contribution >= 4 is 17.5 Å². The second kappa shape index (κ2) is 21.4. The number of hydrogen-bond donors (Lipinski definition) is 1. The molecule has 1 heterocycles. The van der Waals surface area contributed by atoms with E-state index in [9.17, 15) is 4.79 Å². The molecule has 0 spiro atoms. The molecule has 0 aliphatic carbocycles. The van der Waals surface area contributed by atoms with Crippen LogP contribution in [0.3, 0.4) is 0 Å². The topological polar surface area (TPSA) is 51.4 Å². The fourth-order valence-electron chi connectivity index (χ4n) is 4.16. The summed E-state index contributed by atoms with van der Waals surface area (Å²) in [5.41, 5.74) is 1.15. The van der Waals surface area contributed by atoms with Crippen LogP contribution in [0.1, 0.15) is 89.7 Å². The van der Waals surface area contributed by atoms with E-state index in [4.69, 9.17) is 21.1 Å². The van der Waals surface area contributed by atoms with Crippen LogP contribution in [0.5, 0.6) is 11.5 Å². The Morgan fingerprint density at radius 1 is 0.892 bits per heavy atom. The minimum atomic E-state index is -0.169. The van der Waals surface area contributed by atoms with Gasteiger partial charge in [-0.25, -0.2) is 4.57 Å². The summed E-state index contributed by atoms with van der Waals surface area (Å²) < 4.78 is 13.5. The summed E-state index contributed by atoms with van der Waals surface area (Å²) in [5, 5.41) is 3.33. The molecule has 0 radical (unpaired) electrons. The molecule has 1 aromatic carbocycles. The lowest BCUT2D eigenvalue weighted by molar-refractivity contribution is -0.679. The van der Waals surface area contributed by atoms with Gasteiger partial charge >= 0.3 is 0 Å². The number of ether oxygens (including phenoxy) is 2. The normalized spacial score (nSPS) is 10.6. The molecule has 0 saturated carbocycles. The van der Waals surface area contributed by atoms with Crippen molar-refractivity contribution < 1.29 is 42.8 Å². The highest BCUT2D eigenvalue weighted by Crippen LogP contribution is 2.29. The van der Waals surface area contributed by atoms with Crippen molar-refractivity contribution in [2.45, 2.75) is 90.4 Å². The van der Waals surface area contributed by atoms with Gasteiger partial charge in [-0.3, -0.25) is 4.79 Å². The zero-order chi connectivity index (χ0) is 25.8. The van der Waals surface area contributed by atoms with Crippen molar-refractivity contribution in [1.29, 1.82) is 0 Å². The van der Waals surface area contributed by atoms with E-state index < -0.39 is 0 Å². The molecule has 0 fully saturated rings. The second-order valence-electron chi connectivity index (χ2n) is 9.52. The highest BCUT2D eigenvalue weighted by molar-refractivity contribution is 6.32. The number of carbonyl (C=O) groups excluding carboxylic acids is 1. The predicted molar refractivity (Wildman–Crippen MR) is 148 cm³/mol. The average molecular weight is 645 g/mol. The first-order chi connectivity index (χ1) is 17.6. The van der Waals surface area contributed by atoms with Gasteiger partial charge in [0.25, 0.3) is 5.91 Å². The molecule has 1 amide bonds. The first kappa shape index (κ1) is 33.5. The highest BCUT2D eigenvalue weighted by Gasteiger charge is 2.09. The summed E-state index contributed by atoms with van der Waals surface area (Å²) >= 11 is 6.33. The van der Waals surface area contributed by atoms with E-state index in [-0.39, 0.29) is 36.5 Å². The number of hydrogen-bond acceptors (Lipinski definition) is 3. The maximum atomic E-state index is 12.1. The molecule has 0 saturated heterocycles. The monoisotopic (exact) mass is 644 g/mol. The minimum absolute atomic E-state index is 0.